The van der Waals surface area contributed by atoms with E-state index >= 15 is 0 Å². The van der Waals surface area contributed by atoms with Gasteiger partial charge in [0.05, 0.1) is 11.2 Å². The highest BCUT2D eigenvalue weighted by atomic mass is 79.9. The van der Waals surface area contributed by atoms with Crippen LogP contribution in [0.4, 0.5) is 5.69 Å². The van der Waals surface area contributed by atoms with Crippen molar-refractivity contribution in [1.29, 1.82) is 0 Å². The molecule has 2 aromatic heterocycles. The van der Waals surface area contributed by atoms with Crippen LogP contribution in [0.3, 0.4) is 0 Å². The number of aromatic nitrogens is 2. The van der Waals surface area contributed by atoms with Crippen molar-refractivity contribution in [2.24, 2.45) is 0 Å². The van der Waals surface area contributed by atoms with Crippen LogP contribution in [-0.2, 0) is 0 Å². The molecule has 0 radical (unpaired) electrons. The van der Waals surface area contributed by atoms with E-state index in [0.29, 0.717) is 6.04 Å². The second-order valence-corrected chi connectivity index (χ2v) is 5.69. The van der Waals surface area contributed by atoms with Gasteiger partial charge in [0.1, 0.15) is 5.52 Å². The third-order valence-corrected chi connectivity index (χ3v) is 3.72. The Bertz CT molecular complexity index is 566. The molecule has 0 aromatic carbocycles. The van der Waals surface area contributed by atoms with Gasteiger partial charge in [0.25, 0.3) is 0 Å². The van der Waals surface area contributed by atoms with Crippen LogP contribution in [0.15, 0.2) is 29.0 Å². The topological polar surface area (TPSA) is 29.0 Å². The van der Waals surface area contributed by atoms with E-state index in [1.807, 2.05) is 18.5 Å². The van der Waals surface area contributed by atoms with E-state index in [2.05, 4.69) is 43.8 Å². The van der Waals surface area contributed by atoms with Gasteiger partial charge in [0.15, 0.2) is 0 Å². The minimum Gasteiger partial charge on any atom is -0.367 e. The maximum absolute atomic E-state index is 4.54. The number of hydrogen-bond acceptors (Lipinski definition) is 3. The summed E-state index contributed by atoms with van der Waals surface area (Å²) in [5.74, 6) is 0. The van der Waals surface area contributed by atoms with Gasteiger partial charge in [0, 0.05) is 29.5 Å². The van der Waals surface area contributed by atoms with Crippen LogP contribution in [0.25, 0.3) is 11.0 Å². The van der Waals surface area contributed by atoms with Crippen LogP contribution in [0.2, 0.25) is 0 Å². The molecule has 0 aliphatic heterocycles. The number of anilines is 1. The van der Waals surface area contributed by atoms with Crippen LogP contribution in [-0.4, -0.2) is 22.6 Å². The van der Waals surface area contributed by atoms with E-state index in [0.717, 1.165) is 28.5 Å². The number of nitrogens with zero attached hydrogens (tertiary/aromatic N) is 3. The quantitative estimate of drug-likeness (QED) is 0.861. The van der Waals surface area contributed by atoms with Gasteiger partial charge >= 0.3 is 0 Å². The summed E-state index contributed by atoms with van der Waals surface area (Å²) in [5.41, 5.74) is 3.21. The second-order valence-electron chi connectivity index (χ2n) is 4.78. The summed E-state index contributed by atoms with van der Waals surface area (Å²) in [6, 6.07) is 4.83. The molecule has 1 aliphatic rings. The third-order valence-electron chi connectivity index (χ3n) is 3.28. The molecular weight excluding hydrogens is 290 g/mol. The minimum atomic E-state index is 0.709. The van der Waals surface area contributed by atoms with Crippen molar-refractivity contribution in [3.8, 4) is 0 Å². The molecule has 2 aromatic rings. The molecule has 0 atom stereocenters. The molecule has 18 heavy (non-hydrogen) atoms. The fourth-order valence-corrected chi connectivity index (χ4v) is 2.67. The van der Waals surface area contributed by atoms with Crippen molar-refractivity contribution in [2.45, 2.75) is 32.2 Å². The fraction of sp³-hybridized carbons (Fsp3) is 0.429. The number of hydrogen-bond donors (Lipinski definition) is 0. The van der Waals surface area contributed by atoms with Gasteiger partial charge in [-0.05, 0) is 47.3 Å². The molecule has 0 N–H and O–H groups in total. The van der Waals surface area contributed by atoms with Crippen molar-refractivity contribution < 1.29 is 0 Å². The zero-order chi connectivity index (χ0) is 12.5. The average molecular weight is 306 g/mol. The first-order valence-electron chi connectivity index (χ1n) is 6.46. The Morgan fingerprint density at radius 1 is 1.39 bits per heavy atom. The normalized spacial score (nSPS) is 15.0. The smallest absolute Gasteiger partial charge is 0.112 e. The van der Waals surface area contributed by atoms with Gasteiger partial charge < -0.3 is 4.90 Å². The van der Waals surface area contributed by atoms with Crippen LogP contribution >= 0.6 is 15.9 Å². The maximum atomic E-state index is 4.54. The summed E-state index contributed by atoms with van der Waals surface area (Å²) >= 11 is 3.45. The van der Waals surface area contributed by atoms with Crippen LogP contribution in [0.1, 0.15) is 26.2 Å². The highest BCUT2D eigenvalue weighted by molar-refractivity contribution is 9.10. The van der Waals surface area contributed by atoms with E-state index in [4.69, 9.17) is 0 Å². The standard InChI is InChI=1S/C14H16BrN3/c1-2-7-18(11-3-4-11)13-5-6-16-12-8-10(15)9-17-14(12)13/h5-6,8-9,11H,2-4,7H2,1H3. The zero-order valence-corrected chi connectivity index (χ0v) is 12.0. The Morgan fingerprint density at radius 3 is 2.94 bits per heavy atom. The molecule has 3 rings (SSSR count). The minimum absolute atomic E-state index is 0.709. The van der Waals surface area contributed by atoms with Gasteiger partial charge in [-0.15, -0.1) is 0 Å². The molecular formula is C14H16BrN3. The third kappa shape index (κ3) is 2.21. The fourth-order valence-electron chi connectivity index (χ4n) is 2.35. The maximum Gasteiger partial charge on any atom is 0.112 e. The number of fused-ring (bicyclic) bond motifs is 1. The lowest BCUT2D eigenvalue weighted by molar-refractivity contribution is 0.764. The first-order chi connectivity index (χ1) is 8.79. The van der Waals surface area contributed by atoms with Gasteiger partial charge in [-0.3, -0.25) is 9.97 Å². The average Bonchev–Trinajstić information content (AvgIpc) is 3.19. The first kappa shape index (κ1) is 11.9. The van der Waals surface area contributed by atoms with Gasteiger partial charge in [-0.25, -0.2) is 0 Å². The summed E-state index contributed by atoms with van der Waals surface area (Å²) < 4.78 is 0.980. The van der Waals surface area contributed by atoms with Crippen molar-refractivity contribution in [3.05, 3.63) is 29.0 Å². The molecule has 1 aliphatic carbocycles. The van der Waals surface area contributed by atoms with Crippen LogP contribution in [0.5, 0.6) is 0 Å². The lowest BCUT2D eigenvalue weighted by Crippen LogP contribution is -2.26. The highest BCUT2D eigenvalue weighted by Gasteiger charge is 2.29. The van der Waals surface area contributed by atoms with E-state index in [1.54, 1.807) is 0 Å². The molecule has 0 amide bonds. The second kappa shape index (κ2) is 4.84. The van der Waals surface area contributed by atoms with Crippen molar-refractivity contribution >= 4 is 32.7 Å². The van der Waals surface area contributed by atoms with Crippen LogP contribution in [0, 0.1) is 0 Å². The predicted octanol–water partition coefficient (Wildman–Crippen LogP) is 3.77. The van der Waals surface area contributed by atoms with E-state index < -0.39 is 0 Å². The SMILES string of the molecule is CCCN(c1ccnc2cc(Br)cnc12)C1CC1. The molecule has 0 spiro atoms. The lowest BCUT2D eigenvalue weighted by Gasteiger charge is -2.24. The van der Waals surface area contributed by atoms with E-state index in [9.17, 15) is 0 Å². The molecule has 3 nitrogen and oxygen atoms in total. The molecule has 2 heterocycles. The molecule has 1 fully saturated rings. The summed E-state index contributed by atoms with van der Waals surface area (Å²) in [5, 5.41) is 0. The summed E-state index contributed by atoms with van der Waals surface area (Å²) in [6.07, 6.45) is 7.51. The Labute approximate surface area is 115 Å². The lowest BCUT2D eigenvalue weighted by atomic mass is 10.2. The first-order valence-corrected chi connectivity index (χ1v) is 7.26. The van der Waals surface area contributed by atoms with Crippen molar-refractivity contribution in [2.75, 3.05) is 11.4 Å². The number of pyridine rings is 2. The number of halogens is 1. The number of rotatable bonds is 4. The van der Waals surface area contributed by atoms with Gasteiger partial charge in [0.2, 0.25) is 0 Å². The summed E-state index contributed by atoms with van der Waals surface area (Å²) in [7, 11) is 0. The summed E-state index contributed by atoms with van der Waals surface area (Å²) in [4.78, 5) is 11.4. The monoisotopic (exact) mass is 305 g/mol. The van der Waals surface area contributed by atoms with Crippen molar-refractivity contribution in [1.82, 2.24) is 9.97 Å². The molecule has 0 unspecified atom stereocenters. The van der Waals surface area contributed by atoms with E-state index in [-0.39, 0.29) is 0 Å². The van der Waals surface area contributed by atoms with E-state index in [1.165, 1.54) is 18.5 Å². The molecule has 0 saturated heterocycles. The Hall–Kier alpha value is -1.16. The largest absolute Gasteiger partial charge is 0.367 e. The molecule has 1 saturated carbocycles. The van der Waals surface area contributed by atoms with Crippen LogP contribution < -0.4 is 4.90 Å². The molecule has 94 valence electrons. The predicted molar refractivity (Wildman–Crippen MR) is 77.9 cm³/mol. The Kier molecular flexibility index (Phi) is 3.20. The van der Waals surface area contributed by atoms with Gasteiger partial charge in [-0.2, -0.15) is 0 Å². The van der Waals surface area contributed by atoms with Crippen molar-refractivity contribution in [3.63, 3.8) is 0 Å². The molecule has 4 heteroatoms. The summed E-state index contributed by atoms with van der Waals surface area (Å²) in [6.45, 7) is 3.32. The zero-order valence-electron chi connectivity index (χ0n) is 10.4. The Morgan fingerprint density at radius 2 is 2.22 bits per heavy atom. The Balaban J connectivity index is 2.09. The molecule has 0 bridgehead atoms. The highest BCUT2D eigenvalue weighted by Crippen LogP contribution is 2.34. The van der Waals surface area contributed by atoms with Gasteiger partial charge in [-0.1, -0.05) is 6.92 Å².